The predicted octanol–water partition coefficient (Wildman–Crippen LogP) is 4.11. The fourth-order valence-electron chi connectivity index (χ4n) is 2.48. The first-order valence-electron chi connectivity index (χ1n) is 7.06. The van der Waals surface area contributed by atoms with Crippen LogP contribution in [0.4, 0.5) is 10.5 Å². The molecule has 0 saturated carbocycles. The Kier molecular flexibility index (Phi) is 3.93. The Labute approximate surface area is 129 Å². The predicted molar refractivity (Wildman–Crippen MR) is 87.7 cm³/mol. The van der Waals surface area contributed by atoms with Gasteiger partial charge in [0.2, 0.25) is 0 Å². The van der Waals surface area contributed by atoms with E-state index in [1.165, 1.54) is 0 Å². The van der Waals surface area contributed by atoms with Gasteiger partial charge in [-0.2, -0.15) is 0 Å². The summed E-state index contributed by atoms with van der Waals surface area (Å²) in [5.74, 6) is 3.13. The second kappa shape index (κ2) is 6.19. The molecule has 1 atom stereocenters. The molecular formula is C19H15NO2. The van der Waals surface area contributed by atoms with Crippen molar-refractivity contribution in [1.29, 1.82) is 0 Å². The largest absolute Gasteiger partial charge is 0.420 e. The second-order valence-electron chi connectivity index (χ2n) is 4.94. The van der Waals surface area contributed by atoms with E-state index in [4.69, 9.17) is 11.2 Å². The average molecular weight is 289 g/mol. The Balaban J connectivity index is 1.92. The van der Waals surface area contributed by atoms with Crippen molar-refractivity contribution in [2.75, 3.05) is 4.90 Å². The molecule has 1 amide bonds. The Morgan fingerprint density at radius 2 is 1.86 bits per heavy atom. The highest BCUT2D eigenvalue weighted by atomic mass is 16.6. The molecule has 2 aromatic rings. The van der Waals surface area contributed by atoms with Gasteiger partial charge in [-0.25, -0.2) is 4.79 Å². The molecule has 1 heterocycles. The van der Waals surface area contributed by atoms with Crippen molar-refractivity contribution in [3.8, 4) is 18.1 Å². The van der Waals surface area contributed by atoms with Gasteiger partial charge < -0.3 is 4.74 Å². The summed E-state index contributed by atoms with van der Waals surface area (Å²) in [6.07, 6.45) is 9.37. The number of benzene rings is 2. The number of para-hydroxylation sites is 2. The van der Waals surface area contributed by atoms with E-state index in [1.54, 1.807) is 17.0 Å². The monoisotopic (exact) mass is 289 g/mol. The fraction of sp³-hybridized carbons (Fsp3) is 0.105. The Bertz CT molecular complexity index is 744. The SMILES string of the molecule is C#CCC1C=Cc2ccccc2N1C(=O)Oc1ccccc1. The van der Waals surface area contributed by atoms with Crippen LogP contribution in [0.5, 0.6) is 5.75 Å². The number of fused-ring (bicyclic) bond motifs is 1. The molecule has 0 N–H and O–H groups in total. The van der Waals surface area contributed by atoms with Crippen LogP contribution in [0.15, 0.2) is 60.7 Å². The second-order valence-corrected chi connectivity index (χ2v) is 4.94. The third-order valence-electron chi connectivity index (χ3n) is 3.50. The number of amides is 1. The number of carbonyl (C=O) groups excluding carboxylic acids is 1. The van der Waals surface area contributed by atoms with Crippen LogP contribution in [0.2, 0.25) is 0 Å². The lowest BCUT2D eigenvalue weighted by Gasteiger charge is -2.32. The van der Waals surface area contributed by atoms with Crippen molar-refractivity contribution in [2.24, 2.45) is 0 Å². The Morgan fingerprint density at radius 1 is 1.14 bits per heavy atom. The third-order valence-corrected chi connectivity index (χ3v) is 3.50. The van der Waals surface area contributed by atoms with Gasteiger partial charge >= 0.3 is 6.09 Å². The molecule has 0 aliphatic carbocycles. The van der Waals surface area contributed by atoms with Crippen LogP contribution < -0.4 is 9.64 Å². The first-order chi connectivity index (χ1) is 10.8. The summed E-state index contributed by atoms with van der Waals surface area (Å²) in [4.78, 5) is 14.2. The molecular weight excluding hydrogens is 274 g/mol. The maximum atomic E-state index is 12.6. The molecule has 0 fully saturated rings. The molecule has 3 heteroatoms. The van der Waals surface area contributed by atoms with E-state index >= 15 is 0 Å². The van der Waals surface area contributed by atoms with Gasteiger partial charge in [-0.05, 0) is 23.8 Å². The van der Waals surface area contributed by atoms with Gasteiger partial charge in [-0.15, -0.1) is 12.3 Å². The molecule has 1 unspecified atom stereocenters. The summed E-state index contributed by atoms with van der Waals surface area (Å²) >= 11 is 0. The zero-order valence-corrected chi connectivity index (χ0v) is 12.0. The van der Waals surface area contributed by atoms with Gasteiger partial charge in [0.25, 0.3) is 0 Å². The molecule has 1 aliphatic rings. The molecule has 0 bridgehead atoms. The highest BCUT2D eigenvalue weighted by Crippen LogP contribution is 2.30. The maximum Gasteiger partial charge on any atom is 0.420 e. The van der Waals surface area contributed by atoms with Crippen molar-refractivity contribution >= 4 is 17.9 Å². The fourth-order valence-corrected chi connectivity index (χ4v) is 2.48. The van der Waals surface area contributed by atoms with E-state index in [-0.39, 0.29) is 6.04 Å². The van der Waals surface area contributed by atoms with E-state index in [0.717, 1.165) is 11.3 Å². The van der Waals surface area contributed by atoms with E-state index in [0.29, 0.717) is 12.2 Å². The lowest BCUT2D eigenvalue weighted by molar-refractivity contribution is 0.206. The number of anilines is 1. The van der Waals surface area contributed by atoms with Gasteiger partial charge in [-0.1, -0.05) is 48.6 Å². The Morgan fingerprint density at radius 3 is 2.64 bits per heavy atom. The smallest absolute Gasteiger partial charge is 0.410 e. The summed E-state index contributed by atoms with van der Waals surface area (Å²) in [5.41, 5.74) is 1.78. The number of rotatable bonds is 2. The van der Waals surface area contributed by atoms with Crippen LogP contribution in [0.3, 0.4) is 0 Å². The van der Waals surface area contributed by atoms with Gasteiger partial charge in [-0.3, -0.25) is 4.90 Å². The standard InChI is InChI=1S/C19H15NO2/c1-2-8-16-14-13-15-9-6-7-12-18(15)20(16)19(21)22-17-10-4-3-5-11-17/h1,3-7,9-14,16H,8H2. The molecule has 108 valence electrons. The molecule has 0 aromatic heterocycles. The highest BCUT2D eigenvalue weighted by Gasteiger charge is 2.29. The van der Waals surface area contributed by atoms with Gasteiger partial charge in [0.05, 0.1) is 11.7 Å². The number of terminal acetylenes is 1. The maximum absolute atomic E-state index is 12.6. The molecule has 22 heavy (non-hydrogen) atoms. The molecule has 2 aromatic carbocycles. The topological polar surface area (TPSA) is 29.5 Å². The summed E-state index contributed by atoms with van der Waals surface area (Å²) in [6.45, 7) is 0. The minimum absolute atomic E-state index is 0.198. The molecule has 0 saturated heterocycles. The quantitative estimate of drug-likeness (QED) is 0.779. The van der Waals surface area contributed by atoms with Gasteiger partial charge in [0, 0.05) is 6.42 Å². The van der Waals surface area contributed by atoms with Crippen molar-refractivity contribution in [1.82, 2.24) is 0 Å². The number of hydrogen-bond acceptors (Lipinski definition) is 2. The number of ether oxygens (including phenoxy) is 1. The van der Waals surface area contributed by atoms with Crippen LogP contribution in [-0.4, -0.2) is 12.1 Å². The molecule has 0 radical (unpaired) electrons. The van der Waals surface area contributed by atoms with E-state index < -0.39 is 6.09 Å². The third kappa shape index (κ3) is 2.72. The summed E-state index contributed by atoms with van der Waals surface area (Å²) in [5, 5.41) is 0. The highest BCUT2D eigenvalue weighted by molar-refractivity contribution is 5.94. The minimum atomic E-state index is -0.428. The average Bonchev–Trinajstić information content (AvgIpc) is 2.55. The number of nitrogens with zero attached hydrogens (tertiary/aromatic N) is 1. The number of hydrogen-bond donors (Lipinski definition) is 0. The normalized spacial score (nSPS) is 15.8. The first kappa shape index (κ1) is 14.0. The van der Waals surface area contributed by atoms with Crippen LogP contribution in [-0.2, 0) is 0 Å². The van der Waals surface area contributed by atoms with Gasteiger partial charge in [0.15, 0.2) is 0 Å². The van der Waals surface area contributed by atoms with Gasteiger partial charge in [0.1, 0.15) is 5.75 Å². The van der Waals surface area contributed by atoms with Crippen molar-refractivity contribution in [2.45, 2.75) is 12.5 Å². The van der Waals surface area contributed by atoms with Crippen LogP contribution in [0.1, 0.15) is 12.0 Å². The van der Waals surface area contributed by atoms with Crippen LogP contribution >= 0.6 is 0 Å². The summed E-state index contributed by atoms with van der Waals surface area (Å²) in [6, 6.07) is 16.5. The molecule has 0 spiro atoms. The minimum Gasteiger partial charge on any atom is -0.410 e. The Hall–Kier alpha value is -2.99. The van der Waals surface area contributed by atoms with Crippen LogP contribution in [0, 0.1) is 12.3 Å². The zero-order chi connectivity index (χ0) is 15.4. The van der Waals surface area contributed by atoms with Crippen molar-refractivity contribution in [3.05, 3.63) is 66.2 Å². The lowest BCUT2D eigenvalue weighted by atomic mass is 10.0. The summed E-state index contributed by atoms with van der Waals surface area (Å²) in [7, 11) is 0. The lowest BCUT2D eigenvalue weighted by Crippen LogP contribution is -2.42. The van der Waals surface area contributed by atoms with E-state index in [2.05, 4.69) is 5.92 Å². The number of carbonyl (C=O) groups is 1. The van der Waals surface area contributed by atoms with E-state index in [1.807, 2.05) is 54.6 Å². The van der Waals surface area contributed by atoms with E-state index in [9.17, 15) is 4.79 Å². The van der Waals surface area contributed by atoms with Crippen LogP contribution in [0.25, 0.3) is 6.08 Å². The first-order valence-corrected chi connectivity index (χ1v) is 7.06. The molecule has 1 aliphatic heterocycles. The molecule has 3 nitrogen and oxygen atoms in total. The van der Waals surface area contributed by atoms with Crippen molar-refractivity contribution < 1.29 is 9.53 Å². The van der Waals surface area contributed by atoms with Crippen molar-refractivity contribution in [3.63, 3.8) is 0 Å². The molecule has 3 rings (SSSR count). The summed E-state index contributed by atoms with van der Waals surface area (Å²) < 4.78 is 5.47. The zero-order valence-electron chi connectivity index (χ0n) is 12.0.